The van der Waals surface area contributed by atoms with Gasteiger partial charge in [0, 0.05) is 37.5 Å². The van der Waals surface area contributed by atoms with Crippen LogP contribution in [0.25, 0.3) is 0 Å². The monoisotopic (exact) mass is 510 g/mol. The van der Waals surface area contributed by atoms with Crippen molar-refractivity contribution in [3.63, 3.8) is 0 Å². The molecule has 0 amide bonds. The summed E-state index contributed by atoms with van der Waals surface area (Å²) < 4.78 is 7.76. The summed E-state index contributed by atoms with van der Waals surface area (Å²) in [5.74, 6) is 3.99. The van der Waals surface area contributed by atoms with Gasteiger partial charge in [-0.2, -0.15) is 5.10 Å². The Morgan fingerprint density at radius 2 is 2.21 bits per heavy atom. The average Bonchev–Trinajstić information content (AvgIpc) is 3.14. The van der Waals surface area contributed by atoms with Crippen LogP contribution in [0, 0.1) is 0 Å². The Morgan fingerprint density at radius 1 is 1.41 bits per heavy atom. The number of halogens is 1. The van der Waals surface area contributed by atoms with E-state index in [0.717, 1.165) is 48.3 Å². The van der Waals surface area contributed by atoms with Crippen LogP contribution in [0.2, 0.25) is 0 Å². The van der Waals surface area contributed by atoms with E-state index >= 15 is 0 Å². The molecule has 0 spiro atoms. The Balaban J connectivity index is 0.00000300. The fraction of sp³-hybridized carbons (Fsp3) is 0.476. The van der Waals surface area contributed by atoms with Gasteiger partial charge in [-0.25, -0.2) is 9.67 Å². The van der Waals surface area contributed by atoms with Gasteiger partial charge in [0.15, 0.2) is 11.8 Å². The molecule has 1 aliphatic rings. The number of aliphatic imine (C=N–C) groups is 1. The molecule has 2 aromatic rings. The zero-order valence-electron chi connectivity index (χ0n) is 17.4. The Bertz CT molecular complexity index is 832. The number of guanidine groups is 1. The van der Waals surface area contributed by atoms with E-state index in [1.165, 1.54) is 0 Å². The Labute approximate surface area is 190 Å². The maximum absolute atomic E-state index is 5.73. The molecule has 158 valence electrons. The third-order valence-electron chi connectivity index (χ3n) is 4.73. The van der Waals surface area contributed by atoms with E-state index in [1.807, 2.05) is 22.9 Å². The lowest BCUT2D eigenvalue weighted by Crippen LogP contribution is -2.46. The number of para-hydroxylation sites is 1. The number of hydrogen-bond acceptors (Lipinski definition) is 4. The molecule has 0 aliphatic carbocycles. The summed E-state index contributed by atoms with van der Waals surface area (Å²) in [5, 5.41) is 11.5. The lowest BCUT2D eigenvalue weighted by molar-refractivity contribution is 0.358. The highest BCUT2D eigenvalue weighted by Gasteiger charge is 2.23. The lowest BCUT2D eigenvalue weighted by Gasteiger charge is -2.25. The van der Waals surface area contributed by atoms with E-state index in [-0.39, 0.29) is 30.0 Å². The number of nitrogens with zero attached hydrogens (tertiary/aromatic N) is 4. The largest absolute Gasteiger partial charge is 0.489 e. The summed E-state index contributed by atoms with van der Waals surface area (Å²) in [5.41, 5.74) is 1.08. The number of ether oxygens (including phenoxy) is 1. The highest BCUT2D eigenvalue weighted by molar-refractivity contribution is 14.0. The standard InChI is InChI=1S/C21H30N6O.HI/c1-5-12-28-18-9-7-6-8-16(18)13-23-21(22-4)24-17-10-11-19-25-20(15(2)3)26-27(19)14-17;/h5-9,15,17H,1,10-14H2,2-4H3,(H2,22,23,24);1H. The van der Waals surface area contributed by atoms with Crippen molar-refractivity contribution < 1.29 is 4.74 Å². The molecule has 1 aromatic heterocycles. The van der Waals surface area contributed by atoms with E-state index in [0.29, 0.717) is 19.1 Å². The van der Waals surface area contributed by atoms with Crippen molar-refractivity contribution in [3.05, 3.63) is 54.1 Å². The van der Waals surface area contributed by atoms with Crippen LogP contribution in [0.4, 0.5) is 0 Å². The van der Waals surface area contributed by atoms with Gasteiger partial charge in [0.05, 0.1) is 6.54 Å². The minimum Gasteiger partial charge on any atom is -0.489 e. The number of aromatic nitrogens is 3. The summed E-state index contributed by atoms with van der Waals surface area (Å²) in [6.45, 7) is 9.87. The van der Waals surface area contributed by atoms with E-state index < -0.39 is 0 Å². The molecule has 3 rings (SSSR count). The molecule has 1 aliphatic heterocycles. The third kappa shape index (κ3) is 6.19. The maximum atomic E-state index is 5.73. The molecule has 0 saturated heterocycles. The Morgan fingerprint density at radius 3 is 2.93 bits per heavy atom. The summed E-state index contributed by atoms with van der Waals surface area (Å²) >= 11 is 0. The van der Waals surface area contributed by atoms with Gasteiger partial charge in [0.1, 0.15) is 18.2 Å². The molecule has 0 fully saturated rings. The van der Waals surface area contributed by atoms with Gasteiger partial charge >= 0.3 is 0 Å². The first-order valence-electron chi connectivity index (χ1n) is 9.83. The zero-order valence-corrected chi connectivity index (χ0v) is 19.7. The first-order valence-corrected chi connectivity index (χ1v) is 9.83. The van der Waals surface area contributed by atoms with Crippen molar-refractivity contribution in [3.8, 4) is 5.75 Å². The van der Waals surface area contributed by atoms with Crippen molar-refractivity contribution in [2.24, 2.45) is 4.99 Å². The van der Waals surface area contributed by atoms with Crippen LogP contribution in [-0.2, 0) is 19.5 Å². The molecule has 1 unspecified atom stereocenters. The molecule has 8 heteroatoms. The number of nitrogens with one attached hydrogen (secondary N) is 2. The van der Waals surface area contributed by atoms with Gasteiger partial charge in [0.2, 0.25) is 0 Å². The predicted molar refractivity (Wildman–Crippen MR) is 127 cm³/mol. The Hall–Kier alpha value is -2.10. The second-order valence-electron chi connectivity index (χ2n) is 7.24. The number of fused-ring (bicyclic) bond motifs is 1. The number of hydrogen-bond donors (Lipinski definition) is 2. The zero-order chi connectivity index (χ0) is 19.9. The van der Waals surface area contributed by atoms with Crippen LogP contribution in [0.15, 0.2) is 41.9 Å². The normalized spacial score (nSPS) is 16.0. The van der Waals surface area contributed by atoms with Crippen LogP contribution in [0.5, 0.6) is 5.75 Å². The first kappa shape index (κ1) is 23.2. The highest BCUT2D eigenvalue weighted by Crippen LogP contribution is 2.18. The van der Waals surface area contributed by atoms with Gasteiger partial charge in [-0.05, 0) is 12.5 Å². The highest BCUT2D eigenvalue weighted by atomic mass is 127. The van der Waals surface area contributed by atoms with E-state index in [2.05, 4.69) is 52.2 Å². The second kappa shape index (κ2) is 11.2. The quantitative estimate of drug-likeness (QED) is 0.259. The molecule has 0 radical (unpaired) electrons. The van der Waals surface area contributed by atoms with Crippen molar-refractivity contribution in [2.45, 2.75) is 51.7 Å². The van der Waals surface area contributed by atoms with Crippen LogP contribution in [0.3, 0.4) is 0 Å². The van der Waals surface area contributed by atoms with E-state index in [9.17, 15) is 0 Å². The summed E-state index contributed by atoms with van der Waals surface area (Å²) in [7, 11) is 1.79. The number of rotatable bonds is 7. The van der Waals surface area contributed by atoms with Gasteiger partial charge in [-0.3, -0.25) is 4.99 Å². The van der Waals surface area contributed by atoms with Crippen LogP contribution in [-0.4, -0.2) is 40.4 Å². The molecular formula is C21H31IN6O. The van der Waals surface area contributed by atoms with E-state index in [4.69, 9.17) is 4.74 Å². The van der Waals surface area contributed by atoms with Gasteiger partial charge in [-0.15, -0.1) is 24.0 Å². The maximum Gasteiger partial charge on any atom is 0.191 e. The van der Waals surface area contributed by atoms with Crippen molar-refractivity contribution >= 4 is 29.9 Å². The molecule has 2 N–H and O–H groups in total. The number of aryl methyl sites for hydroxylation is 1. The topological polar surface area (TPSA) is 76.4 Å². The summed E-state index contributed by atoms with van der Waals surface area (Å²) in [4.78, 5) is 9.02. The van der Waals surface area contributed by atoms with Gasteiger partial charge < -0.3 is 15.4 Å². The number of benzene rings is 1. The van der Waals surface area contributed by atoms with Crippen LogP contribution >= 0.6 is 24.0 Å². The predicted octanol–water partition coefficient (Wildman–Crippen LogP) is 3.26. The van der Waals surface area contributed by atoms with Crippen molar-refractivity contribution in [1.82, 2.24) is 25.4 Å². The molecule has 2 heterocycles. The minimum atomic E-state index is 0. The van der Waals surface area contributed by atoms with E-state index in [1.54, 1.807) is 13.1 Å². The average molecular weight is 510 g/mol. The second-order valence-corrected chi connectivity index (χ2v) is 7.24. The SMILES string of the molecule is C=CCOc1ccccc1CNC(=NC)NC1CCc2nc(C(C)C)nn2C1.I. The molecule has 29 heavy (non-hydrogen) atoms. The summed E-state index contributed by atoms with van der Waals surface area (Å²) in [6, 6.07) is 8.27. The first-order chi connectivity index (χ1) is 13.6. The van der Waals surface area contributed by atoms with Gasteiger partial charge in [0.25, 0.3) is 0 Å². The minimum absolute atomic E-state index is 0. The Kier molecular flexibility index (Phi) is 8.94. The van der Waals surface area contributed by atoms with Crippen molar-refractivity contribution in [1.29, 1.82) is 0 Å². The molecule has 7 nitrogen and oxygen atoms in total. The molecule has 0 bridgehead atoms. The van der Waals surface area contributed by atoms with Crippen LogP contribution < -0.4 is 15.4 Å². The molecule has 1 aromatic carbocycles. The third-order valence-corrected chi connectivity index (χ3v) is 4.73. The fourth-order valence-corrected chi connectivity index (χ4v) is 3.20. The van der Waals surface area contributed by atoms with Gasteiger partial charge in [-0.1, -0.05) is 44.7 Å². The van der Waals surface area contributed by atoms with Crippen molar-refractivity contribution in [2.75, 3.05) is 13.7 Å². The smallest absolute Gasteiger partial charge is 0.191 e. The van der Waals surface area contributed by atoms with Crippen LogP contribution in [0.1, 0.15) is 43.4 Å². The molecule has 0 saturated carbocycles. The molecule has 1 atom stereocenters. The summed E-state index contributed by atoms with van der Waals surface area (Å²) in [6.07, 6.45) is 3.68. The lowest BCUT2D eigenvalue weighted by atomic mass is 10.1. The fourth-order valence-electron chi connectivity index (χ4n) is 3.20. The molecular weight excluding hydrogens is 479 g/mol.